The first-order valence-electron chi connectivity index (χ1n) is 10.6. The predicted octanol–water partition coefficient (Wildman–Crippen LogP) is 4.53. The quantitative estimate of drug-likeness (QED) is 0.370. The fourth-order valence-electron chi connectivity index (χ4n) is 3.10. The first-order valence-corrected chi connectivity index (χ1v) is 10.6. The molecule has 36 heavy (non-hydrogen) atoms. The van der Waals surface area contributed by atoms with E-state index in [-0.39, 0.29) is 5.91 Å². The van der Waals surface area contributed by atoms with E-state index in [1.807, 2.05) is 75.5 Å². The zero-order valence-electron chi connectivity index (χ0n) is 19.6. The average Bonchev–Trinajstić information content (AvgIpc) is 3.40. The number of amides is 1. The molecule has 0 saturated heterocycles. The number of anilines is 1. The van der Waals surface area contributed by atoms with Gasteiger partial charge >= 0.3 is 12.1 Å². The molecule has 0 saturated carbocycles. The maximum Gasteiger partial charge on any atom is 0.490 e. The van der Waals surface area contributed by atoms with Crippen LogP contribution in [0.3, 0.4) is 0 Å². The van der Waals surface area contributed by atoms with E-state index in [0.29, 0.717) is 17.8 Å². The van der Waals surface area contributed by atoms with Gasteiger partial charge in [-0.3, -0.25) is 4.79 Å². The smallest absolute Gasteiger partial charge is 0.475 e. The summed E-state index contributed by atoms with van der Waals surface area (Å²) in [6.07, 6.45) is -3.23. The third-order valence-electron chi connectivity index (χ3n) is 5.08. The fraction of sp³-hybridized carbons (Fsp3) is 0.208. The molecule has 4 aromatic rings. The Hall–Kier alpha value is -4.48. The van der Waals surface area contributed by atoms with Crippen molar-refractivity contribution in [2.45, 2.75) is 33.5 Å². The second kappa shape index (κ2) is 10.8. The van der Waals surface area contributed by atoms with E-state index in [4.69, 9.17) is 9.90 Å². The van der Waals surface area contributed by atoms with Crippen LogP contribution in [0.2, 0.25) is 0 Å². The third-order valence-corrected chi connectivity index (χ3v) is 5.08. The first-order chi connectivity index (χ1) is 16.9. The van der Waals surface area contributed by atoms with Crippen LogP contribution in [-0.4, -0.2) is 48.1 Å². The Kier molecular flexibility index (Phi) is 7.87. The number of carbonyl (C=O) groups is 2. The highest BCUT2D eigenvalue weighted by Crippen LogP contribution is 2.22. The molecule has 2 aromatic heterocycles. The van der Waals surface area contributed by atoms with Gasteiger partial charge in [0.2, 0.25) is 0 Å². The number of hydrogen-bond donors (Lipinski definition) is 3. The standard InChI is InChI=1S/C22H22N6O.C2HF3O2/c1-14-9-10-17(11-19(14)22(29)25-18-7-5-4-6-8-18)20-12-28(27-26-20)13-21-23-15(2)16(3)24-21;3-2(4,5)1(6)7/h4-12H,13H2,1-3H3,(H,23,24)(H,25,29);(H,6,7). The zero-order valence-corrected chi connectivity index (χ0v) is 19.6. The van der Waals surface area contributed by atoms with Gasteiger partial charge in [0.25, 0.3) is 5.91 Å². The number of benzene rings is 2. The molecule has 0 spiro atoms. The van der Waals surface area contributed by atoms with E-state index in [1.165, 1.54) is 0 Å². The number of halogens is 3. The fourth-order valence-corrected chi connectivity index (χ4v) is 3.10. The van der Waals surface area contributed by atoms with E-state index < -0.39 is 12.1 Å². The summed E-state index contributed by atoms with van der Waals surface area (Å²) in [6, 6.07) is 15.1. The highest BCUT2D eigenvalue weighted by molar-refractivity contribution is 6.05. The molecule has 4 rings (SSSR count). The highest BCUT2D eigenvalue weighted by Gasteiger charge is 2.38. The van der Waals surface area contributed by atoms with Crippen LogP contribution in [0.15, 0.2) is 54.7 Å². The van der Waals surface area contributed by atoms with E-state index in [0.717, 1.165) is 34.0 Å². The lowest BCUT2D eigenvalue weighted by molar-refractivity contribution is -0.192. The number of imidazole rings is 1. The third kappa shape index (κ3) is 6.78. The minimum absolute atomic E-state index is 0.149. The van der Waals surface area contributed by atoms with Gasteiger partial charge in [-0.2, -0.15) is 13.2 Å². The van der Waals surface area contributed by atoms with Crippen molar-refractivity contribution < 1.29 is 27.9 Å². The minimum Gasteiger partial charge on any atom is -0.475 e. The summed E-state index contributed by atoms with van der Waals surface area (Å²) >= 11 is 0. The number of carboxylic acids is 1. The number of para-hydroxylation sites is 1. The number of aliphatic carboxylic acids is 1. The summed E-state index contributed by atoms with van der Waals surface area (Å²) in [5, 5.41) is 18.5. The van der Waals surface area contributed by atoms with E-state index in [1.54, 1.807) is 4.68 Å². The maximum absolute atomic E-state index is 12.7. The Morgan fingerprint density at radius 3 is 2.33 bits per heavy atom. The largest absolute Gasteiger partial charge is 0.490 e. The van der Waals surface area contributed by atoms with Crippen LogP contribution >= 0.6 is 0 Å². The molecule has 0 unspecified atom stereocenters. The van der Waals surface area contributed by atoms with Crippen LogP contribution in [0.1, 0.15) is 33.1 Å². The lowest BCUT2D eigenvalue weighted by Crippen LogP contribution is -2.21. The van der Waals surface area contributed by atoms with E-state index >= 15 is 0 Å². The molecule has 1 amide bonds. The van der Waals surface area contributed by atoms with Crippen molar-refractivity contribution in [3.8, 4) is 11.3 Å². The molecule has 0 aliphatic carbocycles. The summed E-state index contributed by atoms with van der Waals surface area (Å²) in [6.45, 7) is 6.39. The van der Waals surface area contributed by atoms with Gasteiger partial charge in [0, 0.05) is 22.5 Å². The normalized spacial score (nSPS) is 10.9. The van der Waals surface area contributed by atoms with Gasteiger partial charge in [0.05, 0.1) is 11.9 Å². The van der Waals surface area contributed by atoms with Crippen LogP contribution in [0.25, 0.3) is 11.3 Å². The molecule has 12 heteroatoms. The first kappa shape index (κ1) is 26.1. The highest BCUT2D eigenvalue weighted by atomic mass is 19.4. The van der Waals surface area contributed by atoms with Crippen LogP contribution in [0, 0.1) is 20.8 Å². The molecule has 2 aromatic carbocycles. The lowest BCUT2D eigenvalue weighted by Gasteiger charge is -2.09. The van der Waals surface area contributed by atoms with Gasteiger partial charge in [0.15, 0.2) is 0 Å². The molecule has 0 fully saturated rings. The number of carbonyl (C=O) groups excluding carboxylic acids is 1. The Balaban J connectivity index is 0.000000454. The van der Waals surface area contributed by atoms with Crippen molar-refractivity contribution in [3.05, 3.63) is 83.1 Å². The van der Waals surface area contributed by atoms with E-state index in [2.05, 4.69) is 25.6 Å². The van der Waals surface area contributed by atoms with Gasteiger partial charge in [-0.05, 0) is 44.5 Å². The molecule has 0 atom stereocenters. The topological polar surface area (TPSA) is 126 Å². The van der Waals surface area contributed by atoms with Crippen molar-refractivity contribution in [2.75, 3.05) is 5.32 Å². The molecular formula is C24H23F3N6O3. The van der Waals surface area contributed by atoms with Crippen LogP contribution in [-0.2, 0) is 11.3 Å². The molecule has 0 aliphatic heterocycles. The second-order valence-corrected chi connectivity index (χ2v) is 7.85. The van der Waals surface area contributed by atoms with Crippen molar-refractivity contribution in [3.63, 3.8) is 0 Å². The Labute approximate surface area is 204 Å². The van der Waals surface area contributed by atoms with E-state index in [9.17, 15) is 18.0 Å². The number of H-pyrrole nitrogens is 1. The number of hydrogen-bond acceptors (Lipinski definition) is 5. The van der Waals surface area contributed by atoms with Crippen LogP contribution in [0.4, 0.5) is 18.9 Å². The number of aromatic amines is 1. The van der Waals surface area contributed by atoms with Gasteiger partial charge in [-0.25, -0.2) is 14.5 Å². The second-order valence-electron chi connectivity index (χ2n) is 7.85. The Morgan fingerprint density at radius 2 is 1.75 bits per heavy atom. The number of aromatic nitrogens is 5. The summed E-state index contributed by atoms with van der Waals surface area (Å²) < 4.78 is 33.5. The number of nitrogens with one attached hydrogen (secondary N) is 2. The average molecular weight is 500 g/mol. The van der Waals surface area contributed by atoms with Crippen LogP contribution < -0.4 is 5.32 Å². The monoisotopic (exact) mass is 500 g/mol. The van der Waals surface area contributed by atoms with Crippen molar-refractivity contribution >= 4 is 17.6 Å². The molecule has 0 aliphatic rings. The molecular weight excluding hydrogens is 477 g/mol. The van der Waals surface area contributed by atoms with Gasteiger partial charge in [-0.1, -0.05) is 35.5 Å². The zero-order chi connectivity index (χ0) is 26.5. The van der Waals surface area contributed by atoms with Crippen molar-refractivity contribution in [1.82, 2.24) is 25.0 Å². The molecule has 0 bridgehead atoms. The Bertz CT molecular complexity index is 1340. The summed E-state index contributed by atoms with van der Waals surface area (Å²) in [4.78, 5) is 29.4. The molecule has 188 valence electrons. The summed E-state index contributed by atoms with van der Waals surface area (Å²) in [5.74, 6) is -2.07. The summed E-state index contributed by atoms with van der Waals surface area (Å²) in [7, 11) is 0. The lowest BCUT2D eigenvalue weighted by atomic mass is 10.0. The van der Waals surface area contributed by atoms with Crippen molar-refractivity contribution in [1.29, 1.82) is 0 Å². The predicted molar refractivity (Wildman–Crippen MR) is 125 cm³/mol. The number of rotatable bonds is 5. The summed E-state index contributed by atoms with van der Waals surface area (Å²) in [5.41, 5.74) is 5.85. The molecule has 2 heterocycles. The van der Waals surface area contributed by atoms with Crippen LogP contribution in [0.5, 0.6) is 0 Å². The number of carboxylic acid groups (broad SMARTS) is 1. The molecule has 3 N–H and O–H groups in total. The van der Waals surface area contributed by atoms with Gasteiger partial charge in [-0.15, -0.1) is 5.10 Å². The van der Waals surface area contributed by atoms with Crippen molar-refractivity contribution in [2.24, 2.45) is 0 Å². The van der Waals surface area contributed by atoms with Gasteiger partial charge < -0.3 is 15.4 Å². The maximum atomic E-state index is 12.7. The Morgan fingerprint density at radius 1 is 1.08 bits per heavy atom. The number of aryl methyl sites for hydroxylation is 3. The van der Waals surface area contributed by atoms with Gasteiger partial charge in [0.1, 0.15) is 18.1 Å². The number of alkyl halides is 3. The minimum atomic E-state index is -5.08. The SMILES string of the molecule is Cc1ccc(-c2cn(Cc3nc(C)c(C)[nH]3)nn2)cc1C(=O)Nc1ccccc1.O=C(O)C(F)(F)F. The number of nitrogens with zero attached hydrogens (tertiary/aromatic N) is 4. The molecule has 9 nitrogen and oxygen atoms in total. The molecule has 0 radical (unpaired) electrons.